The number of carbonyl (C=O) groups excluding carboxylic acids is 1. The molecule has 3 aromatic rings. The molecule has 1 heterocycles. The number of thioether (sulfide) groups is 1. The van der Waals surface area contributed by atoms with Crippen molar-refractivity contribution in [2.45, 2.75) is 31.2 Å². The maximum Gasteiger partial charge on any atom is 0.266 e. The lowest BCUT2D eigenvalue weighted by molar-refractivity contribution is -0.122. The van der Waals surface area contributed by atoms with Crippen LogP contribution in [0.4, 0.5) is 5.13 Å². The fourth-order valence-electron chi connectivity index (χ4n) is 2.31. The van der Waals surface area contributed by atoms with Crippen molar-refractivity contribution in [3.8, 4) is 5.75 Å². The quantitative estimate of drug-likeness (QED) is 0.464. The summed E-state index contributed by atoms with van der Waals surface area (Å²) in [6.07, 6.45) is -0.642. The van der Waals surface area contributed by atoms with E-state index in [0.717, 1.165) is 20.9 Å². The van der Waals surface area contributed by atoms with Gasteiger partial charge in [0.2, 0.25) is 5.13 Å². The van der Waals surface area contributed by atoms with Gasteiger partial charge in [0.25, 0.3) is 5.91 Å². The van der Waals surface area contributed by atoms with Crippen molar-refractivity contribution < 1.29 is 9.53 Å². The van der Waals surface area contributed by atoms with E-state index >= 15 is 0 Å². The zero-order chi connectivity index (χ0) is 18.5. The summed E-state index contributed by atoms with van der Waals surface area (Å²) in [6.45, 7) is 6.04. The first-order valence-electron chi connectivity index (χ1n) is 8.44. The largest absolute Gasteiger partial charge is 0.480 e. The summed E-state index contributed by atoms with van der Waals surface area (Å²) >= 11 is 3.03. The number of nitrogens with one attached hydrogen (secondary N) is 1. The first kappa shape index (κ1) is 18.7. The topological polar surface area (TPSA) is 64.1 Å². The van der Waals surface area contributed by atoms with Crippen molar-refractivity contribution in [3.05, 3.63) is 42.5 Å². The minimum absolute atomic E-state index is 0.241. The zero-order valence-corrected chi connectivity index (χ0v) is 16.6. The highest BCUT2D eigenvalue weighted by Gasteiger charge is 2.18. The fraction of sp³-hybridized carbons (Fsp3) is 0.316. The Morgan fingerprint density at radius 3 is 2.73 bits per heavy atom. The minimum Gasteiger partial charge on any atom is -0.480 e. The molecule has 0 unspecified atom stereocenters. The molecule has 0 spiro atoms. The molecule has 1 N–H and O–H groups in total. The second-order valence-corrected chi connectivity index (χ2v) is 8.55. The van der Waals surface area contributed by atoms with Gasteiger partial charge in [-0.15, -0.1) is 10.2 Å². The smallest absolute Gasteiger partial charge is 0.266 e. The summed E-state index contributed by atoms with van der Waals surface area (Å²) in [4.78, 5) is 12.4. The molecule has 0 aliphatic carbocycles. The predicted octanol–water partition coefficient (Wildman–Crippen LogP) is 4.85. The number of amides is 1. The molecule has 0 aliphatic rings. The van der Waals surface area contributed by atoms with E-state index in [1.807, 2.05) is 42.5 Å². The summed E-state index contributed by atoms with van der Waals surface area (Å²) in [6, 6.07) is 13.8. The van der Waals surface area contributed by atoms with E-state index in [2.05, 4.69) is 29.4 Å². The standard InChI is InChI=1S/C19H21N3O2S2/c1-12(2)11-25-19-22-21-18(26-19)20-17(23)13(3)24-16-10-6-8-14-7-4-5-9-15(14)16/h4-10,12-13H,11H2,1-3H3,(H,20,21,23)/t13-/m0/s1. The lowest BCUT2D eigenvalue weighted by atomic mass is 10.1. The second kappa shape index (κ2) is 8.51. The monoisotopic (exact) mass is 387 g/mol. The van der Waals surface area contributed by atoms with Crippen molar-refractivity contribution >= 4 is 44.9 Å². The number of nitrogens with zero attached hydrogens (tertiary/aromatic N) is 2. The van der Waals surface area contributed by atoms with E-state index in [9.17, 15) is 4.79 Å². The minimum atomic E-state index is -0.642. The number of hydrogen-bond donors (Lipinski definition) is 1. The Kier molecular flexibility index (Phi) is 6.11. The van der Waals surface area contributed by atoms with E-state index in [0.29, 0.717) is 16.8 Å². The van der Waals surface area contributed by atoms with Gasteiger partial charge in [0.1, 0.15) is 5.75 Å². The molecule has 0 saturated heterocycles. The lowest BCUT2D eigenvalue weighted by Gasteiger charge is -2.15. The van der Waals surface area contributed by atoms with Crippen molar-refractivity contribution in [1.82, 2.24) is 10.2 Å². The van der Waals surface area contributed by atoms with Gasteiger partial charge in [0, 0.05) is 11.1 Å². The molecule has 5 nitrogen and oxygen atoms in total. The number of fused-ring (bicyclic) bond motifs is 1. The third kappa shape index (κ3) is 4.74. The second-order valence-electron chi connectivity index (χ2n) is 6.30. The molecule has 1 atom stereocenters. The molecule has 0 saturated carbocycles. The number of ether oxygens (including phenoxy) is 1. The van der Waals surface area contributed by atoms with E-state index in [-0.39, 0.29) is 5.91 Å². The highest BCUT2D eigenvalue weighted by molar-refractivity contribution is 8.01. The third-order valence-electron chi connectivity index (χ3n) is 3.60. The predicted molar refractivity (Wildman–Crippen MR) is 108 cm³/mol. The van der Waals surface area contributed by atoms with Gasteiger partial charge in [-0.2, -0.15) is 0 Å². The Balaban J connectivity index is 1.63. The van der Waals surface area contributed by atoms with E-state index in [4.69, 9.17) is 4.74 Å². The molecule has 1 amide bonds. The Bertz CT molecular complexity index is 890. The normalized spacial score (nSPS) is 12.3. The van der Waals surface area contributed by atoms with Crippen LogP contribution in [0.15, 0.2) is 46.8 Å². The van der Waals surface area contributed by atoms with Crippen LogP contribution >= 0.6 is 23.1 Å². The average Bonchev–Trinajstić information content (AvgIpc) is 3.07. The molecular weight excluding hydrogens is 366 g/mol. The maximum atomic E-state index is 12.4. The fourth-order valence-corrected chi connectivity index (χ4v) is 4.04. The summed E-state index contributed by atoms with van der Waals surface area (Å²) in [5.74, 6) is 2.00. The van der Waals surface area contributed by atoms with Crippen molar-refractivity contribution in [2.24, 2.45) is 5.92 Å². The molecule has 0 radical (unpaired) electrons. The first-order chi connectivity index (χ1) is 12.5. The van der Waals surface area contributed by atoms with Crippen LogP contribution in [-0.4, -0.2) is 28.0 Å². The van der Waals surface area contributed by atoms with Crippen molar-refractivity contribution in [2.75, 3.05) is 11.1 Å². The van der Waals surface area contributed by atoms with E-state index < -0.39 is 6.10 Å². The molecule has 0 bridgehead atoms. The summed E-state index contributed by atoms with van der Waals surface area (Å²) < 4.78 is 6.74. The zero-order valence-electron chi connectivity index (χ0n) is 14.9. The van der Waals surface area contributed by atoms with Crippen LogP contribution in [0.2, 0.25) is 0 Å². The number of anilines is 1. The maximum absolute atomic E-state index is 12.4. The van der Waals surface area contributed by atoms with Gasteiger partial charge in [-0.1, -0.05) is 73.3 Å². The lowest BCUT2D eigenvalue weighted by Crippen LogP contribution is -2.30. The van der Waals surface area contributed by atoms with Gasteiger partial charge < -0.3 is 4.74 Å². The Morgan fingerprint density at radius 1 is 1.15 bits per heavy atom. The van der Waals surface area contributed by atoms with Gasteiger partial charge >= 0.3 is 0 Å². The van der Waals surface area contributed by atoms with E-state index in [1.54, 1.807) is 18.7 Å². The van der Waals surface area contributed by atoms with Gasteiger partial charge in [0.05, 0.1) is 0 Å². The summed E-state index contributed by atoms with van der Waals surface area (Å²) in [5.41, 5.74) is 0. The van der Waals surface area contributed by atoms with Crippen molar-refractivity contribution in [1.29, 1.82) is 0 Å². The number of rotatable bonds is 7. The van der Waals surface area contributed by atoms with Crippen LogP contribution < -0.4 is 10.1 Å². The van der Waals surface area contributed by atoms with Crippen LogP contribution in [0.25, 0.3) is 10.8 Å². The van der Waals surface area contributed by atoms with E-state index in [1.165, 1.54) is 11.3 Å². The molecule has 3 rings (SSSR count). The van der Waals surface area contributed by atoms with Crippen LogP contribution in [0.1, 0.15) is 20.8 Å². The molecule has 2 aromatic carbocycles. The number of aromatic nitrogens is 2. The Morgan fingerprint density at radius 2 is 1.92 bits per heavy atom. The average molecular weight is 388 g/mol. The summed E-state index contributed by atoms with van der Waals surface area (Å²) in [7, 11) is 0. The third-order valence-corrected chi connectivity index (χ3v) is 6.00. The molecule has 0 aliphatic heterocycles. The van der Waals surface area contributed by atoms with Gasteiger partial charge in [0.15, 0.2) is 10.4 Å². The Labute approximate surface area is 161 Å². The number of benzene rings is 2. The van der Waals surface area contributed by atoms with Crippen LogP contribution in [-0.2, 0) is 4.79 Å². The molecule has 7 heteroatoms. The molecule has 136 valence electrons. The van der Waals surface area contributed by atoms with Crippen LogP contribution in [0.5, 0.6) is 5.75 Å². The highest BCUT2D eigenvalue weighted by Crippen LogP contribution is 2.28. The van der Waals surface area contributed by atoms with Gasteiger partial charge in [-0.3, -0.25) is 10.1 Å². The number of carbonyl (C=O) groups is 1. The highest BCUT2D eigenvalue weighted by atomic mass is 32.2. The number of hydrogen-bond acceptors (Lipinski definition) is 6. The molecular formula is C19H21N3O2S2. The molecule has 1 aromatic heterocycles. The summed E-state index contributed by atoms with van der Waals surface area (Å²) in [5, 5.41) is 13.5. The molecule has 26 heavy (non-hydrogen) atoms. The Hall–Kier alpha value is -2.12. The van der Waals surface area contributed by atoms with Gasteiger partial charge in [-0.05, 0) is 24.3 Å². The first-order valence-corrected chi connectivity index (χ1v) is 10.2. The van der Waals surface area contributed by atoms with Crippen molar-refractivity contribution in [3.63, 3.8) is 0 Å². The van der Waals surface area contributed by atoms with Crippen LogP contribution in [0.3, 0.4) is 0 Å². The SMILES string of the molecule is CC(C)CSc1nnc(NC(=O)[C@H](C)Oc2cccc3ccccc23)s1. The van der Waals surface area contributed by atoms with Gasteiger partial charge in [-0.25, -0.2) is 0 Å². The molecule has 0 fully saturated rings. The van der Waals surface area contributed by atoms with Crippen LogP contribution in [0, 0.1) is 5.92 Å².